The lowest BCUT2D eigenvalue weighted by Gasteiger charge is -2.43. The minimum atomic E-state index is 0.384. The number of hydrogen-bond acceptors (Lipinski definition) is 2. The number of aromatic nitrogens is 1. The van der Waals surface area contributed by atoms with Gasteiger partial charge in [-0.05, 0) is 58.0 Å². The van der Waals surface area contributed by atoms with Crippen LogP contribution in [0.4, 0.5) is 5.69 Å². The number of nitrogens with one attached hydrogen (secondary N) is 1. The molecule has 2 aliphatic carbocycles. The van der Waals surface area contributed by atoms with Gasteiger partial charge in [0.2, 0.25) is 0 Å². The molecule has 0 spiro atoms. The van der Waals surface area contributed by atoms with Crippen molar-refractivity contribution in [1.82, 2.24) is 4.98 Å². The minimum absolute atomic E-state index is 0.384. The van der Waals surface area contributed by atoms with Gasteiger partial charge >= 0.3 is 0 Å². The predicted molar refractivity (Wildman–Crippen MR) is 78.6 cm³/mol. The summed E-state index contributed by atoms with van der Waals surface area (Å²) in [6.45, 7) is 7.29. The molecule has 3 atom stereocenters. The fraction of sp³-hybridized carbons (Fsp3) is 0.667. The number of pyridine rings is 1. The van der Waals surface area contributed by atoms with Gasteiger partial charge in [-0.2, -0.15) is 0 Å². The van der Waals surface area contributed by atoms with E-state index in [0.717, 1.165) is 16.1 Å². The Morgan fingerprint density at radius 3 is 2.72 bits per heavy atom. The van der Waals surface area contributed by atoms with E-state index in [9.17, 15) is 0 Å². The third-order valence-corrected chi connectivity index (χ3v) is 5.72. The third kappa shape index (κ3) is 1.78. The Morgan fingerprint density at radius 1 is 1.33 bits per heavy atom. The summed E-state index contributed by atoms with van der Waals surface area (Å²) in [5, 5.41) is 3.75. The molecule has 2 saturated carbocycles. The number of fused-ring (bicyclic) bond motifs is 2. The molecule has 0 aromatic carbocycles. The van der Waals surface area contributed by atoms with Gasteiger partial charge in [0, 0.05) is 16.7 Å². The highest BCUT2D eigenvalue weighted by Crippen LogP contribution is 2.63. The molecule has 98 valence electrons. The van der Waals surface area contributed by atoms with Gasteiger partial charge in [-0.15, -0.1) is 0 Å². The normalized spacial score (nSPS) is 36.9. The van der Waals surface area contributed by atoms with Gasteiger partial charge in [0.05, 0.1) is 11.9 Å². The summed E-state index contributed by atoms with van der Waals surface area (Å²) < 4.78 is 1.04. The number of rotatable bonds is 2. The molecule has 1 aromatic heterocycles. The summed E-state index contributed by atoms with van der Waals surface area (Å²) >= 11 is 3.49. The molecule has 2 aliphatic rings. The van der Waals surface area contributed by atoms with Gasteiger partial charge in [-0.3, -0.25) is 4.98 Å². The van der Waals surface area contributed by atoms with Crippen molar-refractivity contribution in [3.8, 4) is 0 Å². The highest BCUT2D eigenvalue weighted by Gasteiger charge is 2.59. The SMILES string of the molecule is CC12CCC(C1)C(C)(C)C2Nc1cncc(Br)c1. The number of nitrogens with zero attached hydrogens (tertiary/aromatic N) is 1. The van der Waals surface area contributed by atoms with Crippen LogP contribution in [0.15, 0.2) is 22.9 Å². The second kappa shape index (κ2) is 3.96. The summed E-state index contributed by atoms with van der Waals surface area (Å²) in [6, 6.07) is 2.68. The zero-order valence-electron chi connectivity index (χ0n) is 11.3. The van der Waals surface area contributed by atoms with E-state index in [1.807, 2.05) is 12.4 Å². The number of halogens is 1. The predicted octanol–water partition coefficient (Wildman–Crippen LogP) is 4.47. The highest BCUT2D eigenvalue weighted by atomic mass is 79.9. The van der Waals surface area contributed by atoms with Crippen LogP contribution in [0.3, 0.4) is 0 Å². The van der Waals surface area contributed by atoms with Gasteiger partial charge in [-0.25, -0.2) is 0 Å². The molecule has 0 radical (unpaired) electrons. The molecule has 3 heteroatoms. The van der Waals surface area contributed by atoms with E-state index in [1.165, 1.54) is 19.3 Å². The average molecular weight is 309 g/mol. The molecule has 2 nitrogen and oxygen atoms in total. The summed E-state index contributed by atoms with van der Waals surface area (Å²) in [7, 11) is 0. The Morgan fingerprint density at radius 2 is 2.11 bits per heavy atom. The Kier molecular flexibility index (Phi) is 2.74. The quantitative estimate of drug-likeness (QED) is 0.872. The fourth-order valence-corrected chi connectivity index (χ4v) is 4.68. The first-order valence-electron chi connectivity index (χ1n) is 6.79. The third-order valence-electron chi connectivity index (χ3n) is 5.29. The molecule has 2 fully saturated rings. The van der Waals surface area contributed by atoms with Gasteiger partial charge in [-0.1, -0.05) is 20.8 Å². The summed E-state index contributed by atoms with van der Waals surface area (Å²) in [4.78, 5) is 4.25. The van der Waals surface area contributed by atoms with Crippen molar-refractivity contribution in [3.63, 3.8) is 0 Å². The largest absolute Gasteiger partial charge is 0.380 e. The van der Waals surface area contributed by atoms with Crippen LogP contribution in [0.2, 0.25) is 0 Å². The maximum atomic E-state index is 4.25. The van der Waals surface area contributed by atoms with Crippen LogP contribution in [0.25, 0.3) is 0 Å². The fourth-order valence-electron chi connectivity index (χ4n) is 4.32. The average Bonchev–Trinajstić information content (AvgIpc) is 2.76. The summed E-state index contributed by atoms with van der Waals surface area (Å²) in [6.07, 6.45) is 7.90. The second-order valence-electron chi connectivity index (χ2n) is 6.88. The lowest BCUT2D eigenvalue weighted by atomic mass is 9.68. The standard InChI is InChI=1S/C15H21BrN2/c1-14(2)10-4-5-15(3,7-10)13(14)18-12-6-11(16)8-17-9-12/h6,8-10,13,18H,4-5,7H2,1-3H3. The molecule has 18 heavy (non-hydrogen) atoms. The zero-order chi connectivity index (χ0) is 13.0. The van der Waals surface area contributed by atoms with Crippen LogP contribution in [-0.2, 0) is 0 Å². The van der Waals surface area contributed by atoms with E-state index in [0.29, 0.717) is 16.9 Å². The van der Waals surface area contributed by atoms with Crippen molar-refractivity contribution in [2.75, 3.05) is 5.32 Å². The van der Waals surface area contributed by atoms with E-state index in [1.54, 1.807) is 0 Å². The Hall–Kier alpha value is -0.570. The molecule has 0 saturated heterocycles. The molecule has 0 amide bonds. The minimum Gasteiger partial charge on any atom is -0.380 e. The van der Waals surface area contributed by atoms with Crippen molar-refractivity contribution in [2.45, 2.75) is 46.1 Å². The van der Waals surface area contributed by atoms with Crippen LogP contribution in [-0.4, -0.2) is 11.0 Å². The summed E-state index contributed by atoms with van der Waals surface area (Å²) in [5.74, 6) is 0.875. The van der Waals surface area contributed by atoms with Crippen molar-refractivity contribution in [1.29, 1.82) is 0 Å². The number of anilines is 1. The van der Waals surface area contributed by atoms with E-state index >= 15 is 0 Å². The van der Waals surface area contributed by atoms with E-state index < -0.39 is 0 Å². The zero-order valence-corrected chi connectivity index (χ0v) is 12.9. The molecule has 0 aliphatic heterocycles. The van der Waals surface area contributed by atoms with Crippen molar-refractivity contribution in [2.24, 2.45) is 16.7 Å². The molecule has 1 N–H and O–H groups in total. The maximum absolute atomic E-state index is 4.25. The molecule has 1 heterocycles. The smallest absolute Gasteiger partial charge is 0.0540 e. The Labute approximate surface area is 118 Å². The first kappa shape index (κ1) is 12.5. The molecule has 3 rings (SSSR count). The molecular formula is C15H21BrN2. The van der Waals surface area contributed by atoms with Crippen molar-refractivity contribution < 1.29 is 0 Å². The summed E-state index contributed by atoms with van der Waals surface area (Å²) in [5.41, 5.74) is 1.97. The van der Waals surface area contributed by atoms with Gasteiger partial charge < -0.3 is 5.32 Å². The second-order valence-corrected chi connectivity index (χ2v) is 7.80. The maximum Gasteiger partial charge on any atom is 0.0540 e. The van der Waals surface area contributed by atoms with Gasteiger partial charge in [0.25, 0.3) is 0 Å². The molecule has 2 bridgehead atoms. The van der Waals surface area contributed by atoms with Gasteiger partial charge in [0.1, 0.15) is 0 Å². The van der Waals surface area contributed by atoms with Crippen LogP contribution >= 0.6 is 15.9 Å². The van der Waals surface area contributed by atoms with Crippen LogP contribution < -0.4 is 5.32 Å². The molecule has 1 aromatic rings. The van der Waals surface area contributed by atoms with Crippen molar-refractivity contribution >= 4 is 21.6 Å². The van der Waals surface area contributed by atoms with Crippen LogP contribution in [0.1, 0.15) is 40.0 Å². The van der Waals surface area contributed by atoms with Crippen LogP contribution in [0, 0.1) is 16.7 Å². The van der Waals surface area contributed by atoms with E-state index in [-0.39, 0.29) is 0 Å². The Bertz CT molecular complexity index is 467. The Balaban J connectivity index is 1.88. The lowest BCUT2D eigenvalue weighted by molar-refractivity contribution is 0.155. The van der Waals surface area contributed by atoms with Gasteiger partial charge in [0.15, 0.2) is 0 Å². The lowest BCUT2D eigenvalue weighted by Crippen LogP contribution is -2.45. The first-order valence-corrected chi connectivity index (χ1v) is 7.58. The monoisotopic (exact) mass is 308 g/mol. The van der Waals surface area contributed by atoms with Crippen molar-refractivity contribution in [3.05, 3.63) is 22.9 Å². The highest BCUT2D eigenvalue weighted by molar-refractivity contribution is 9.10. The first-order chi connectivity index (χ1) is 8.42. The number of hydrogen-bond donors (Lipinski definition) is 1. The molecular weight excluding hydrogens is 288 g/mol. The van der Waals surface area contributed by atoms with E-state index in [2.05, 4.69) is 53.1 Å². The topological polar surface area (TPSA) is 24.9 Å². The molecule has 3 unspecified atom stereocenters. The van der Waals surface area contributed by atoms with Crippen LogP contribution in [0.5, 0.6) is 0 Å². The van der Waals surface area contributed by atoms with E-state index in [4.69, 9.17) is 0 Å².